The molecule has 134 valence electrons. The van der Waals surface area contributed by atoms with Crippen molar-refractivity contribution < 1.29 is 20.1 Å². The molecule has 0 aliphatic heterocycles. The number of aryl methyl sites for hydroxylation is 1. The zero-order chi connectivity index (χ0) is 17.2. The zero-order valence-corrected chi connectivity index (χ0v) is 14.5. The second-order valence-electron chi connectivity index (χ2n) is 5.56. The number of hydrogen-bond donors (Lipinski definition) is 3. The fourth-order valence-corrected chi connectivity index (χ4v) is 2.23. The predicted molar refractivity (Wildman–Crippen MR) is 94.8 cm³/mol. The third kappa shape index (κ3) is 14.2. The maximum atomic E-state index is 9.58. The number of hydrogen-bond acceptors (Lipinski definition) is 4. The lowest BCUT2D eigenvalue weighted by molar-refractivity contribution is 0.0650. The van der Waals surface area contributed by atoms with E-state index in [2.05, 4.69) is 11.7 Å². The number of phenols is 1. The van der Waals surface area contributed by atoms with Crippen molar-refractivity contribution >= 4 is 0 Å². The maximum Gasteiger partial charge on any atom is 0.118 e. The molecule has 3 N–H and O–H groups in total. The summed E-state index contributed by atoms with van der Waals surface area (Å²) in [4.78, 5) is 0. The summed E-state index contributed by atoms with van der Waals surface area (Å²) in [5.41, 5.74) is 1.09. The molecule has 0 radical (unpaired) electrons. The lowest BCUT2D eigenvalue weighted by Crippen LogP contribution is -2.03. The number of para-hydroxylation sites is 1. The Morgan fingerprint density at radius 3 is 1.96 bits per heavy atom. The van der Waals surface area contributed by atoms with Crippen LogP contribution in [0.3, 0.4) is 0 Å². The van der Waals surface area contributed by atoms with Gasteiger partial charge in [0.25, 0.3) is 0 Å². The maximum absolute atomic E-state index is 9.58. The van der Waals surface area contributed by atoms with Crippen LogP contribution in [-0.4, -0.2) is 41.7 Å². The molecule has 23 heavy (non-hydrogen) atoms. The van der Waals surface area contributed by atoms with Crippen molar-refractivity contribution in [3.05, 3.63) is 29.8 Å². The number of rotatable bonds is 12. The molecule has 0 amide bonds. The molecule has 0 heterocycles. The van der Waals surface area contributed by atoms with Crippen LogP contribution >= 0.6 is 0 Å². The molecule has 1 aromatic rings. The molecule has 0 spiro atoms. The summed E-state index contributed by atoms with van der Waals surface area (Å²) >= 11 is 0. The number of aromatic hydroxyl groups is 1. The van der Waals surface area contributed by atoms with Crippen molar-refractivity contribution in [2.24, 2.45) is 0 Å². The molecule has 0 atom stereocenters. The van der Waals surface area contributed by atoms with Gasteiger partial charge in [0, 0.05) is 0 Å². The summed E-state index contributed by atoms with van der Waals surface area (Å²) < 4.78 is 4.63. The minimum absolute atomic E-state index is 0.0278. The van der Waals surface area contributed by atoms with E-state index in [9.17, 15) is 5.11 Å². The van der Waals surface area contributed by atoms with Crippen molar-refractivity contribution in [2.75, 3.05) is 26.4 Å². The molecule has 1 aromatic carbocycles. The van der Waals surface area contributed by atoms with E-state index >= 15 is 0 Å². The third-order valence-corrected chi connectivity index (χ3v) is 3.51. The first kappa shape index (κ1) is 21.9. The topological polar surface area (TPSA) is 69.9 Å². The van der Waals surface area contributed by atoms with E-state index in [-0.39, 0.29) is 13.2 Å². The largest absolute Gasteiger partial charge is 0.508 e. The monoisotopic (exact) mass is 326 g/mol. The van der Waals surface area contributed by atoms with Crippen LogP contribution in [0.25, 0.3) is 0 Å². The van der Waals surface area contributed by atoms with E-state index in [0.717, 1.165) is 12.0 Å². The summed E-state index contributed by atoms with van der Waals surface area (Å²) in [5.74, 6) is 0.452. The van der Waals surface area contributed by atoms with Gasteiger partial charge in [-0.2, -0.15) is 0 Å². The lowest BCUT2D eigenvalue weighted by Gasteiger charge is -2.04. The van der Waals surface area contributed by atoms with Gasteiger partial charge in [-0.1, -0.05) is 63.6 Å². The molecule has 0 aliphatic carbocycles. The highest BCUT2D eigenvalue weighted by Crippen LogP contribution is 2.18. The van der Waals surface area contributed by atoms with Crippen molar-refractivity contribution in [3.8, 4) is 5.75 Å². The highest BCUT2D eigenvalue weighted by molar-refractivity contribution is 5.31. The van der Waals surface area contributed by atoms with E-state index < -0.39 is 0 Å². The summed E-state index contributed by atoms with van der Waals surface area (Å²) in [6.07, 6.45) is 10.3. The van der Waals surface area contributed by atoms with Gasteiger partial charge in [0.05, 0.1) is 26.4 Å². The van der Waals surface area contributed by atoms with Crippen LogP contribution in [0, 0.1) is 0 Å². The first-order valence-corrected chi connectivity index (χ1v) is 8.82. The van der Waals surface area contributed by atoms with Crippen LogP contribution in [-0.2, 0) is 11.2 Å². The van der Waals surface area contributed by atoms with Crippen LogP contribution in [0.2, 0.25) is 0 Å². The molecule has 0 bridgehead atoms. The minimum atomic E-state index is 0.0278. The summed E-state index contributed by atoms with van der Waals surface area (Å²) in [6.45, 7) is 2.94. The van der Waals surface area contributed by atoms with Crippen LogP contribution in [0.4, 0.5) is 0 Å². The van der Waals surface area contributed by atoms with E-state index in [4.69, 9.17) is 10.2 Å². The average molecular weight is 326 g/mol. The quantitative estimate of drug-likeness (QED) is 0.513. The number of unbranched alkanes of at least 4 members (excludes halogenated alkanes) is 6. The number of benzene rings is 1. The van der Waals surface area contributed by atoms with Gasteiger partial charge in [-0.25, -0.2) is 0 Å². The first-order valence-electron chi connectivity index (χ1n) is 8.82. The third-order valence-electron chi connectivity index (χ3n) is 3.51. The highest BCUT2D eigenvalue weighted by Gasteiger charge is 1.98. The highest BCUT2D eigenvalue weighted by atomic mass is 16.5. The smallest absolute Gasteiger partial charge is 0.118 e. The van der Waals surface area contributed by atoms with Gasteiger partial charge in [0.15, 0.2) is 0 Å². The molecule has 1 rings (SSSR count). The van der Waals surface area contributed by atoms with E-state index in [1.165, 1.54) is 44.9 Å². The fourth-order valence-electron chi connectivity index (χ4n) is 2.23. The average Bonchev–Trinajstić information content (AvgIpc) is 2.57. The SMILES string of the molecule is CCCCCCCCCc1ccccc1O.OCCOCCO. The van der Waals surface area contributed by atoms with Gasteiger partial charge in [-0.05, 0) is 24.5 Å². The molecular weight excluding hydrogens is 292 g/mol. The number of aliphatic hydroxyl groups is 2. The normalized spacial score (nSPS) is 10.2. The fraction of sp³-hybridized carbons (Fsp3) is 0.684. The lowest BCUT2D eigenvalue weighted by atomic mass is 10.0. The Labute approximate surface area is 141 Å². The van der Waals surface area contributed by atoms with Crippen LogP contribution in [0.5, 0.6) is 5.75 Å². The van der Waals surface area contributed by atoms with E-state index in [0.29, 0.717) is 19.0 Å². The second kappa shape index (κ2) is 17.3. The number of ether oxygens (including phenoxy) is 1. The predicted octanol–water partition coefficient (Wildman–Crippen LogP) is 3.67. The van der Waals surface area contributed by atoms with Gasteiger partial charge in [-0.15, -0.1) is 0 Å². The molecule has 4 heteroatoms. The van der Waals surface area contributed by atoms with Gasteiger partial charge >= 0.3 is 0 Å². The zero-order valence-electron chi connectivity index (χ0n) is 14.5. The molecule has 0 aromatic heterocycles. The minimum Gasteiger partial charge on any atom is -0.508 e. The Kier molecular flexibility index (Phi) is 16.4. The standard InChI is InChI=1S/C15H24O.C4H10O3/c1-2-3-4-5-6-7-8-11-14-12-9-10-13-15(14)16;5-1-3-7-4-2-6/h9-10,12-13,16H,2-8,11H2,1H3;5-6H,1-4H2. The van der Waals surface area contributed by atoms with E-state index in [1.807, 2.05) is 18.2 Å². The molecule has 0 fully saturated rings. The molecule has 0 saturated carbocycles. The Morgan fingerprint density at radius 1 is 0.826 bits per heavy atom. The Balaban J connectivity index is 0.000000585. The summed E-state index contributed by atoms with van der Waals surface area (Å²) in [7, 11) is 0. The number of aliphatic hydroxyl groups excluding tert-OH is 2. The van der Waals surface area contributed by atoms with Gasteiger partial charge in [0.2, 0.25) is 0 Å². The Bertz CT molecular complexity index is 351. The molecule has 0 aliphatic rings. The molecule has 4 nitrogen and oxygen atoms in total. The van der Waals surface area contributed by atoms with E-state index in [1.54, 1.807) is 6.07 Å². The van der Waals surface area contributed by atoms with Crippen molar-refractivity contribution in [3.63, 3.8) is 0 Å². The van der Waals surface area contributed by atoms with Crippen molar-refractivity contribution in [1.29, 1.82) is 0 Å². The van der Waals surface area contributed by atoms with Crippen molar-refractivity contribution in [1.82, 2.24) is 0 Å². The van der Waals surface area contributed by atoms with Gasteiger partial charge in [-0.3, -0.25) is 0 Å². The van der Waals surface area contributed by atoms with Crippen LogP contribution in [0.1, 0.15) is 57.4 Å². The van der Waals surface area contributed by atoms with Gasteiger partial charge in [0.1, 0.15) is 5.75 Å². The summed E-state index contributed by atoms with van der Waals surface area (Å²) in [5, 5.41) is 25.8. The Hall–Kier alpha value is -1.10. The summed E-state index contributed by atoms with van der Waals surface area (Å²) in [6, 6.07) is 7.67. The van der Waals surface area contributed by atoms with Crippen LogP contribution in [0.15, 0.2) is 24.3 Å². The second-order valence-corrected chi connectivity index (χ2v) is 5.56. The Morgan fingerprint density at radius 2 is 1.39 bits per heavy atom. The van der Waals surface area contributed by atoms with Crippen LogP contribution < -0.4 is 0 Å². The van der Waals surface area contributed by atoms with Gasteiger partial charge < -0.3 is 20.1 Å². The molecular formula is C19H34O4. The number of phenolic OH excluding ortho intramolecular Hbond substituents is 1. The molecule has 0 unspecified atom stereocenters. The van der Waals surface area contributed by atoms with Crippen molar-refractivity contribution in [2.45, 2.75) is 58.3 Å². The molecule has 0 saturated heterocycles. The first-order chi connectivity index (χ1) is 11.3.